The molecule has 2 atom stereocenters. The molecule has 0 saturated carbocycles. The number of nitrogens with zero attached hydrogens (tertiary/aromatic N) is 1. The SMILES string of the molecule is NCC(=O)NC(CS)C(=O)NCC(=O)NC(CCCN=C(N)N)C(=O)O. The third-order valence-electron chi connectivity index (χ3n) is 3.02. The van der Waals surface area contributed by atoms with Gasteiger partial charge in [-0.3, -0.25) is 19.4 Å². The number of aliphatic imine (C=N–C) groups is 1. The minimum atomic E-state index is -1.22. The second-order valence-electron chi connectivity index (χ2n) is 5.13. The lowest BCUT2D eigenvalue weighted by molar-refractivity contribution is -0.142. The number of hydrogen-bond acceptors (Lipinski definition) is 7. The normalized spacial score (nSPS) is 12.4. The van der Waals surface area contributed by atoms with Crippen LogP contribution in [-0.2, 0) is 19.2 Å². The summed E-state index contributed by atoms with van der Waals surface area (Å²) in [5.74, 6) is -3.22. The number of aliphatic carboxylic acids is 1. The Morgan fingerprint density at radius 3 is 2.19 bits per heavy atom. The Balaban J connectivity index is 4.41. The highest BCUT2D eigenvalue weighted by Crippen LogP contribution is 1.98. The van der Waals surface area contributed by atoms with Crippen molar-refractivity contribution in [2.24, 2.45) is 22.2 Å². The zero-order chi connectivity index (χ0) is 20.1. The molecule has 2 unspecified atom stereocenters. The highest BCUT2D eigenvalue weighted by atomic mass is 32.1. The fraction of sp³-hybridized carbons (Fsp3) is 0.615. The average Bonchev–Trinajstić information content (AvgIpc) is 2.59. The summed E-state index contributed by atoms with van der Waals surface area (Å²) in [4.78, 5) is 49.7. The molecular formula is C13H25N7O5S. The number of nitrogens with two attached hydrogens (primary N) is 3. The van der Waals surface area contributed by atoms with Crippen molar-refractivity contribution in [1.82, 2.24) is 16.0 Å². The second-order valence-corrected chi connectivity index (χ2v) is 5.50. The van der Waals surface area contributed by atoms with Gasteiger partial charge in [0, 0.05) is 12.3 Å². The Morgan fingerprint density at radius 1 is 1.08 bits per heavy atom. The molecule has 0 saturated heterocycles. The van der Waals surface area contributed by atoms with Crippen LogP contribution >= 0.6 is 12.6 Å². The molecule has 0 bridgehead atoms. The molecule has 10 N–H and O–H groups in total. The first-order valence-electron chi connectivity index (χ1n) is 7.66. The van der Waals surface area contributed by atoms with Crippen molar-refractivity contribution >= 4 is 42.3 Å². The first-order valence-corrected chi connectivity index (χ1v) is 8.30. The van der Waals surface area contributed by atoms with Crippen LogP contribution in [0.5, 0.6) is 0 Å². The van der Waals surface area contributed by atoms with Crippen molar-refractivity contribution in [2.75, 3.05) is 25.4 Å². The largest absolute Gasteiger partial charge is 0.480 e. The van der Waals surface area contributed by atoms with E-state index in [0.29, 0.717) is 6.42 Å². The second kappa shape index (κ2) is 12.8. The summed E-state index contributed by atoms with van der Waals surface area (Å²) in [6.07, 6.45) is 0.450. The van der Waals surface area contributed by atoms with Gasteiger partial charge in [0.25, 0.3) is 0 Å². The Hall–Kier alpha value is -2.54. The molecule has 0 fully saturated rings. The molecule has 0 aliphatic heterocycles. The fourth-order valence-corrected chi connectivity index (χ4v) is 2.00. The lowest BCUT2D eigenvalue weighted by Crippen LogP contribution is -2.52. The van der Waals surface area contributed by atoms with Crippen LogP contribution in [0, 0.1) is 0 Å². The summed E-state index contributed by atoms with van der Waals surface area (Å²) in [6, 6.07) is -2.11. The molecule has 0 aliphatic rings. The predicted octanol–water partition coefficient (Wildman–Crippen LogP) is -3.90. The lowest BCUT2D eigenvalue weighted by atomic mass is 10.1. The summed E-state index contributed by atoms with van der Waals surface area (Å²) in [5, 5.41) is 16.0. The van der Waals surface area contributed by atoms with E-state index in [1.165, 1.54) is 0 Å². The van der Waals surface area contributed by atoms with Gasteiger partial charge in [-0.2, -0.15) is 12.6 Å². The summed E-state index contributed by atoms with van der Waals surface area (Å²) in [7, 11) is 0. The van der Waals surface area contributed by atoms with E-state index in [4.69, 9.17) is 22.3 Å². The summed E-state index contributed by atoms with van der Waals surface area (Å²) in [5.41, 5.74) is 15.4. The number of hydrogen-bond donors (Lipinski definition) is 8. The number of thiol groups is 1. The molecule has 0 aromatic carbocycles. The predicted molar refractivity (Wildman–Crippen MR) is 97.3 cm³/mol. The van der Waals surface area contributed by atoms with E-state index < -0.39 is 42.3 Å². The van der Waals surface area contributed by atoms with Gasteiger partial charge in [-0.15, -0.1) is 0 Å². The highest BCUT2D eigenvalue weighted by Gasteiger charge is 2.22. The van der Waals surface area contributed by atoms with E-state index in [2.05, 4.69) is 33.6 Å². The van der Waals surface area contributed by atoms with Crippen molar-refractivity contribution in [3.63, 3.8) is 0 Å². The van der Waals surface area contributed by atoms with Gasteiger partial charge in [-0.1, -0.05) is 0 Å². The minimum absolute atomic E-state index is 0.00172. The topological polar surface area (TPSA) is 215 Å². The van der Waals surface area contributed by atoms with E-state index in [9.17, 15) is 19.2 Å². The zero-order valence-electron chi connectivity index (χ0n) is 14.1. The van der Waals surface area contributed by atoms with E-state index >= 15 is 0 Å². The molecule has 0 aromatic heterocycles. The van der Waals surface area contributed by atoms with Gasteiger partial charge in [-0.05, 0) is 12.8 Å². The minimum Gasteiger partial charge on any atom is -0.480 e. The van der Waals surface area contributed by atoms with Crippen LogP contribution in [0.15, 0.2) is 4.99 Å². The van der Waals surface area contributed by atoms with Gasteiger partial charge in [0.1, 0.15) is 12.1 Å². The van der Waals surface area contributed by atoms with E-state index in [1.54, 1.807) is 0 Å². The molecular weight excluding hydrogens is 366 g/mol. The van der Waals surface area contributed by atoms with Gasteiger partial charge >= 0.3 is 5.97 Å². The molecule has 0 rings (SSSR count). The van der Waals surface area contributed by atoms with Crippen molar-refractivity contribution in [3.05, 3.63) is 0 Å². The lowest BCUT2D eigenvalue weighted by Gasteiger charge is -2.17. The molecule has 3 amide bonds. The monoisotopic (exact) mass is 391 g/mol. The Bertz CT molecular complexity index is 539. The molecule has 0 aromatic rings. The Labute approximate surface area is 155 Å². The molecule has 148 valence electrons. The Kier molecular flexibility index (Phi) is 11.5. The smallest absolute Gasteiger partial charge is 0.326 e. The Morgan fingerprint density at radius 2 is 1.69 bits per heavy atom. The van der Waals surface area contributed by atoms with Crippen molar-refractivity contribution in [3.8, 4) is 0 Å². The number of amides is 3. The van der Waals surface area contributed by atoms with Gasteiger partial charge in [0.05, 0.1) is 13.1 Å². The summed E-state index contributed by atoms with van der Waals surface area (Å²) >= 11 is 3.93. The maximum atomic E-state index is 11.9. The van der Waals surface area contributed by atoms with Gasteiger partial charge in [-0.25, -0.2) is 4.79 Å². The van der Waals surface area contributed by atoms with Crippen molar-refractivity contribution in [2.45, 2.75) is 24.9 Å². The van der Waals surface area contributed by atoms with Crippen LogP contribution in [0.25, 0.3) is 0 Å². The van der Waals surface area contributed by atoms with Gasteiger partial charge in [0.15, 0.2) is 5.96 Å². The number of guanidine groups is 1. The zero-order valence-corrected chi connectivity index (χ0v) is 15.0. The number of carboxylic acids is 1. The van der Waals surface area contributed by atoms with Crippen LogP contribution in [0.4, 0.5) is 0 Å². The number of carboxylic acid groups (broad SMARTS) is 1. The molecule has 0 radical (unpaired) electrons. The molecule has 0 spiro atoms. The van der Waals surface area contributed by atoms with Crippen LogP contribution in [0.2, 0.25) is 0 Å². The molecule has 0 aliphatic carbocycles. The number of carbonyl (C=O) groups excluding carboxylic acids is 3. The van der Waals surface area contributed by atoms with Crippen LogP contribution < -0.4 is 33.2 Å². The van der Waals surface area contributed by atoms with E-state index in [1.807, 2.05) is 0 Å². The van der Waals surface area contributed by atoms with Crippen molar-refractivity contribution < 1.29 is 24.3 Å². The summed E-state index contributed by atoms with van der Waals surface area (Å²) in [6.45, 7) is -0.527. The van der Waals surface area contributed by atoms with Crippen molar-refractivity contribution in [1.29, 1.82) is 0 Å². The van der Waals surface area contributed by atoms with Crippen LogP contribution in [-0.4, -0.2) is 72.2 Å². The van der Waals surface area contributed by atoms with Crippen LogP contribution in [0.3, 0.4) is 0 Å². The number of rotatable bonds is 12. The first-order chi connectivity index (χ1) is 12.2. The molecule has 26 heavy (non-hydrogen) atoms. The summed E-state index contributed by atoms with van der Waals surface area (Å²) < 4.78 is 0. The third-order valence-corrected chi connectivity index (χ3v) is 3.39. The molecule has 13 heteroatoms. The standard InChI is InChI=1S/C13H25N7O5S/c14-4-9(21)20-8(6-26)11(23)18-5-10(22)19-7(12(24)25)2-1-3-17-13(15)16/h7-8,26H,1-6,14H2,(H,18,23)(H,19,22)(H,20,21)(H,24,25)(H4,15,16,17). The quantitative estimate of drug-likeness (QED) is 0.0710. The first kappa shape index (κ1) is 23.5. The van der Waals surface area contributed by atoms with Crippen LogP contribution in [0.1, 0.15) is 12.8 Å². The number of nitrogens with one attached hydrogen (secondary N) is 3. The van der Waals surface area contributed by atoms with E-state index in [0.717, 1.165) is 0 Å². The van der Waals surface area contributed by atoms with E-state index in [-0.39, 0.29) is 31.2 Å². The maximum absolute atomic E-state index is 11.9. The number of carbonyl (C=O) groups is 4. The average molecular weight is 391 g/mol. The molecule has 12 nitrogen and oxygen atoms in total. The maximum Gasteiger partial charge on any atom is 0.326 e. The fourth-order valence-electron chi connectivity index (χ4n) is 1.74. The third kappa shape index (κ3) is 10.4. The molecule has 0 heterocycles. The van der Waals surface area contributed by atoms with Gasteiger partial charge in [0.2, 0.25) is 17.7 Å². The van der Waals surface area contributed by atoms with Gasteiger partial charge < -0.3 is 38.3 Å². The highest BCUT2D eigenvalue weighted by molar-refractivity contribution is 7.80.